The van der Waals surface area contributed by atoms with Gasteiger partial charge in [0.2, 0.25) is 0 Å². The van der Waals surface area contributed by atoms with Gasteiger partial charge in [-0.15, -0.1) is 11.3 Å². The Labute approximate surface area is 122 Å². The summed E-state index contributed by atoms with van der Waals surface area (Å²) in [6.07, 6.45) is 1.84. The predicted octanol–water partition coefficient (Wildman–Crippen LogP) is 3.42. The fourth-order valence-corrected chi connectivity index (χ4v) is 2.95. The van der Waals surface area contributed by atoms with E-state index in [9.17, 15) is 0 Å². The van der Waals surface area contributed by atoms with Crippen LogP contribution < -0.4 is 5.73 Å². The van der Waals surface area contributed by atoms with Crippen molar-refractivity contribution in [2.45, 2.75) is 32.7 Å². The molecule has 0 atom stereocenters. The third kappa shape index (κ3) is 2.29. The predicted molar refractivity (Wildman–Crippen MR) is 84.1 cm³/mol. The highest BCUT2D eigenvalue weighted by atomic mass is 32.1. The molecule has 20 heavy (non-hydrogen) atoms. The molecule has 3 rings (SSSR count). The summed E-state index contributed by atoms with van der Waals surface area (Å²) in [6.45, 7) is 7.28. The summed E-state index contributed by atoms with van der Waals surface area (Å²) in [5.41, 5.74) is 8.65. The van der Waals surface area contributed by atoms with Crippen molar-refractivity contribution in [3.63, 3.8) is 0 Å². The molecule has 0 spiro atoms. The van der Waals surface area contributed by atoms with Crippen molar-refractivity contribution in [3.05, 3.63) is 40.6 Å². The fourth-order valence-electron chi connectivity index (χ4n) is 2.35. The summed E-state index contributed by atoms with van der Waals surface area (Å²) in [4.78, 5) is 9.17. The van der Waals surface area contributed by atoms with Crippen LogP contribution in [0, 0.1) is 0 Å². The lowest BCUT2D eigenvalue weighted by molar-refractivity contribution is 0.516. The summed E-state index contributed by atoms with van der Waals surface area (Å²) in [5.74, 6) is 1.06. The molecule has 0 aliphatic carbocycles. The summed E-state index contributed by atoms with van der Waals surface area (Å²) in [7, 11) is 0. The molecule has 0 amide bonds. The van der Waals surface area contributed by atoms with Crippen LogP contribution in [-0.2, 0) is 12.0 Å². The van der Waals surface area contributed by atoms with E-state index in [1.807, 2.05) is 29.8 Å². The second-order valence-corrected chi connectivity index (χ2v) is 6.92. The van der Waals surface area contributed by atoms with Gasteiger partial charge in [-0.05, 0) is 18.2 Å². The van der Waals surface area contributed by atoms with Gasteiger partial charge in [0.05, 0.1) is 17.6 Å². The third-order valence-corrected chi connectivity index (χ3v) is 3.98. The van der Waals surface area contributed by atoms with Crippen molar-refractivity contribution in [2.75, 3.05) is 5.73 Å². The number of anilines is 1. The summed E-state index contributed by atoms with van der Waals surface area (Å²) < 4.78 is 2.24. The summed E-state index contributed by atoms with van der Waals surface area (Å²) in [6, 6.07) is 5.90. The van der Waals surface area contributed by atoms with Crippen molar-refractivity contribution in [2.24, 2.45) is 0 Å². The van der Waals surface area contributed by atoms with Crippen molar-refractivity contribution >= 4 is 28.1 Å². The van der Waals surface area contributed by atoms with Gasteiger partial charge in [-0.3, -0.25) is 0 Å². The third-order valence-electron chi connectivity index (χ3n) is 3.22. The van der Waals surface area contributed by atoms with E-state index >= 15 is 0 Å². The number of rotatable bonds is 2. The highest BCUT2D eigenvalue weighted by Crippen LogP contribution is 2.28. The molecule has 2 N–H and O–H groups in total. The molecule has 1 aromatic carbocycles. The molecule has 3 aromatic rings. The highest BCUT2D eigenvalue weighted by molar-refractivity contribution is 7.09. The molecule has 0 saturated heterocycles. The summed E-state index contributed by atoms with van der Waals surface area (Å²) in [5, 5.41) is 3.09. The number of hydrogen-bond donors (Lipinski definition) is 1. The molecule has 4 nitrogen and oxygen atoms in total. The fraction of sp³-hybridized carbons (Fsp3) is 0.333. The Bertz CT molecular complexity index is 735. The Morgan fingerprint density at radius 2 is 2.10 bits per heavy atom. The van der Waals surface area contributed by atoms with Crippen LogP contribution in [-0.4, -0.2) is 14.5 Å². The van der Waals surface area contributed by atoms with E-state index < -0.39 is 0 Å². The maximum Gasteiger partial charge on any atom is 0.115 e. The molecule has 0 fully saturated rings. The lowest BCUT2D eigenvalue weighted by Crippen LogP contribution is -2.19. The minimum absolute atomic E-state index is 0.0228. The van der Waals surface area contributed by atoms with Crippen LogP contribution in [0.3, 0.4) is 0 Å². The molecule has 0 aliphatic heterocycles. The van der Waals surface area contributed by atoms with Gasteiger partial charge >= 0.3 is 0 Å². The van der Waals surface area contributed by atoms with Crippen LogP contribution in [0.4, 0.5) is 5.69 Å². The number of nitrogens with zero attached hydrogens (tertiary/aromatic N) is 3. The van der Waals surface area contributed by atoms with Crippen LogP contribution in [0.15, 0.2) is 29.8 Å². The Balaban J connectivity index is 2.20. The second kappa shape index (κ2) is 4.59. The number of hydrogen-bond acceptors (Lipinski definition) is 4. The highest BCUT2D eigenvalue weighted by Gasteiger charge is 2.23. The van der Waals surface area contributed by atoms with E-state index in [1.165, 1.54) is 0 Å². The van der Waals surface area contributed by atoms with Gasteiger partial charge in [-0.1, -0.05) is 20.8 Å². The van der Waals surface area contributed by atoms with E-state index in [4.69, 9.17) is 10.7 Å². The van der Waals surface area contributed by atoms with E-state index in [1.54, 1.807) is 11.3 Å². The van der Waals surface area contributed by atoms with Gasteiger partial charge in [-0.25, -0.2) is 9.97 Å². The maximum absolute atomic E-state index is 5.87. The quantitative estimate of drug-likeness (QED) is 0.734. The minimum Gasteiger partial charge on any atom is -0.399 e. The molecule has 2 heterocycles. The number of benzene rings is 1. The molecule has 0 unspecified atom stereocenters. The Hall–Kier alpha value is -1.88. The maximum atomic E-state index is 5.87. The van der Waals surface area contributed by atoms with Gasteiger partial charge in [0.25, 0.3) is 0 Å². The molecular weight excluding hydrogens is 268 g/mol. The van der Waals surface area contributed by atoms with Crippen molar-refractivity contribution < 1.29 is 0 Å². The zero-order valence-electron chi connectivity index (χ0n) is 11.9. The SMILES string of the molecule is CC(C)(C)c1nc2cc(N)ccc2n1Cc1nccs1. The minimum atomic E-state index is -0.0228. The largest absolute Gasteiger partial charge is 0.399 e. The van der Waals surface area contributed by atoms with Gasteiger partial charge in [-0.2, -0.15) is 0 Å². The number of nitrogens with two attached hydrogens (primary N) is 1. The molecule has 0 bridgehead atoms. The van der Waals surface area contributed by atoms with Crippen LogP contribution >= 0.6 is 11.3 Å². The first kappa shape index (κ1) is 13.1. The molecule has 5 heteroatoms. The van der Waals surface area contributed by atoms with Gasteiger partial charge in [0.15, 0.2) is 0 Å². The van der Waals surface area contributed by atoms with Gasteiger partial charge in [0, 0.05) is 22.7 Å². The Morgan fingerprint density at radius 3 is 2.75 bits per heavy atom. The Morgan fingerprint density at radius 1 is 1.30 bits per heavy atom. The molecule has 0 aliphatic rings. The zero-order valence-corrected chi connectivity index (χ0v) is 12.7. The van der Waals surface area contributed by atoms with Crippen molar-refractivity contribution in [1.29, 1.82) is 0 Å². The molecule has 2 aromatic heterocycles. The molecular formula is C15H18N4S. The molecule has 0 saturated carbocycles. The number of imidazole rings is 1. The number of aromatic nitrogens is 3. The van der Waals surface area contributed by atoms with Crippen molar-refractivity contribution in [3.8, 4) is 0 Å². The van der Waals surface area contributed by atoms with Crippen LogP contribution in [0.25, 0.3) is 11.0 Å². The van der Waals surface area contributed by atoms with Gasteiger partial charge < -0.3 is 10.3 Å². The smallest absolute Gasteiger partial charge is 0.115 e. The lowest BCUT2D eigenvalue weighted by Gasteiger charge is -2.19. The molecule has 104 valence electrons. The van der Waals surface area contributed by atoms with Crippen LogP contribution in [0.1, 0.15) is 31.6 Å². The Kier molecular flexibility index (Phi) is 3.01. The average molecular weight is 286 g/mol. The van der Waals surface area contributed by atoms with E-state index in [0.717, 1.165) is 34.1 Å². The standard InChI is InChI=1S/C15H18N4S/c1-15(2,3)14-18-11-8-10(16)4-5-12(11)19(14)9-13-17-6-7-20-13/h4-8H,9,16H2,1-3H3. The van der Waals surface area contributed by atoms with E-state index in [2.05, 4.69) is 30.3 Å². The van der Waals surface area contributed by atoms with Crippen LogP contribution in [0.2, 0.25) is 0 Å². The summed E-state index contributed by atoms with van der Waals surface area (Å²) >= 11 is 1.67. The normalized spacial score (nSPS) is 12.2. The zero-order chi connectivity index (χ0) is 14.3. The van der Waals surface area contributed by atoms with E-state index in [0.29, 0.717) is 0 Å². The lowest BCUT2D eigenvalue weighted by atomic mass is 9.95. The first-order valence-corrected chi connectivity index (χ1v) is 7.48. The van der Waals surface area contributed by atoms with Crippen molar-refractivity contribution in [1.82, 2.24) is 14.5 Å². The number of nitrogen functional groups attached to an aromatic ring is 1. The number of thiazole rings is 1. The van der Waals surface area contributed by atoms with Gasteiger partial charge in [0.1, 0.15) is 10.8 Å². The first-order chi connectivity index (χ1) is 9.45. The average Bonchev–Trinajstić information content (AvgIpc) is 2.97. The van der Waals surface area contributed by atoms with E-state index in [-0.39, 0.29) is 5.41 Å². The van der Waals surface area contributed by atoms with Crippen LogP contribution in [0.5, 0.6) is 0 Å². The second-order valence-electron chi connectivity index (χ2n) is 5.95. The number of fused-ring (bicyclic) bond motifs is 1. The monoisotopic (exact) mass is 286 g/mol. The molecule has 0 radical (unpaired) electrons. The first-order valence-electron chi connectivity index (χ1n) is 6.60. The topological polar surface area (TPSA) is 56.7 Å².